The van der Waals surface area contributed by atoms with Crippen LogP contribution in [0.5, 0.6) is 0 Å². The van der Waals surface area contributed by atoms with E-state index in [1.807, 2.05) is 4.90 Å². The molecule has 0 spiro atoms. The zero-order valence-electron chi connectivity index (χ0n) is 20.3. The molecule has 4 rings (SSSR count). The van der Waals surface area contributed by atoms with Crippen LogP contribution in [0.2, 0.25) is 0 Å². The summed E-state index contributed by atoms with van der Waals surface area (Å²) in [5, 5.41) is 10.9. The van der Waals surface area contributed by atoms with Crippen molar-refractivity contribution >= 4 is 15.7 Å². The van der Waals surface area contributed by atoms with Gasteiger partial charge < -0.3 is 10.0 Å². The number of benzene rings is 2. The number of piperidine rings is 1. The highest BCUT2D eigenvalue weighted by molar-refractivity contribution is 7.92. The minimum atomic E-state index is -4.63. The Bertz CT molecular complexity index is 1200. The Morgan fingerprint density at radius 1 is 1.00 bits per heavy atom. The number of aliphatic hydroxyl groups excluding tert-OH is 1. The maximum atomic E-state index is 13.4. The number of aliphatic hydroxyl groups is 1. The van der Waals surface area contributed by atoms with Crippen molar-refractivity contribution in [2.75, 3.05) is 26.2 Å². The zero-order valence-corrected chi connectivity index (χ0v) is 21.1. The van der Waals surface area contributed by atoms with Crippen molar-refractivity contribution in [1.82, 2.24) is 9.80 Å². The lowest BCUT2D eigenvalue weighted by molar-refractivity contribution is -0.137. The molecule has 0 bridgehead atoms. The fourth-order valence-corrected chi connectivity index (χ4v) is 6.73. The molecule has 1 atom stereocenters. The van der Waals surface area contributed by atoms with Crippen LogP contribution in [0.1, 0.15) is 60.8 Å². The van der Waals surface area contributed by atoms with Crippen LogP contribution in [0.15, 0.2) is 53.4 Å². The molecule has 2 saturated heterocycles. The molecule has 0 aliphatic carbocycles. The maximum Gasteiger partial charge on any atom is 0.416 e. The Morgan fingerprint density at radius 3 is 2.14 bits per heavy atom. The highest BCUT2D eigenvalue weighted by Crippen LogP contribution is 2.40. The Kier molecular flexibility index (Phi) is 7.24. The SMILES string of the molecule is CC(C)(C1CCN(C(O)c2ccc(C(=O)N3CCC3)cc2)CC1)S(=O)(=O)c1cccc(C(F)(F)F)c1. The van der Waals surface area contributed by atoms with E-state index in [0.717, 1.165) is 31.6 Å². The van der Waals surface area contributed by atoms with E-state index in [1.165, 1.54) is 6.07 Å². The molecule has 0 saturated carbocycles. The normalized spacial score (nSPS) is 19.1. The molecule has 2 heterocycles. The summed E-state index contributed by atoms with van der Waals surface area (Å²) >= 11 is 0. The van der Waals surface area contributed by atoms with Crippen molar-refractivity contribution in [3.8, 4) is 0 Å². The summed E-state index contributed by atoms with van der Waals surface area (Å²) in [5.74, 6) is -0.315. The van der Waals surface area contributed by atoms with Gasteiger partial charge in [-0.1, -0.05) is 18.2 Å². The van der Waals surface area contributed by atoms with E-state index in [9.17, 15) is 31.5 Å². The Labute approximate surface area is 209 Å². The molecule has 10 heteroatoms. The van der Waals surface area contributed by atoms with Crippen molar-refractivity contribution in [2.24, 2.45) is 5.92 Å². The van der Waals surface area contributed by atoms with Gasteiger partial charge in [-0.05, 0) is 74.9 Å². The lowest BCUT2D eigenvalue weighted by Gasteiger charge is -2.41. The number of carbonyl (C=O) groups is 1. The number of amides is 1. The van der Waals surface area contributed by atoms with E-state index in [2.05, 4.69) is 0 Å². The number of likely N-dealkylation sites (tertiary alicyclic amines) is 2. The van der Waals surface area contributed by atoms with Crippen LogP contribution in [0, 0.1) is 5.92 Å². The van der Waals surface area contributed by atoms with Crippen LogP contribution in [-0.4, -0.2) is 60.2 Å². The molecule has 1 amide bonds. The van der Waals surface area contributed by atoms with E-state index in [0.29, 0.717) is 43.1 Å². The molecular formula is C26H31F3N2O4S. The zero-order chi connectivity index (χ0) is 26.3. The molecular weight excluding hydrogens is 493 g/mol. The summed E-state index contributed by atoms with van der Waals surface area (Å²) in [4.78, 5) is 15.6. The first kappa shape index (κ1) is 26.6. The molecule has 0 radical (unpaired) electrons. The van der Waals surface area contributed by atoms with Gasteiger partial charge in [-0.25, -0.2) is 8.42 Å². The molecule has 1 unspecified atom stereocenters. The summed E-state index contributed by atoms with van der Waals surface area (Å²) in [6, 6.07) is 10.8. The average molecular weight is 525 g/mol. The number of hydrogen-bond acceptors (Lipinski definition) is 5. The van der Waals surface area contributed by atoms with Crippen molar-refractivity contribution in [1.29, 1.82) is 0 Å². The second kappa shape index (κ2) is 9.79. The standard InChI is InChI=1S/C26H31F3N2O4S/c1-25(2,36(34,35)22-6-3-5-21(17-22)26(27,28)29)20-11-15-31(16-12-20)24(33)19-9-7-18(8-10-19)23(32)30-13-4-14-30/h3,5-10,17,20,24,33H,4,11-16H2,1-2H3. The minimum Gasteiger partial charge on any atom is -0.374 e. The second-order valence-corrected chi connectivity index (χ2v) is 12.6. The molecule has 0 aromatic heterocycles. The van der Waals surface area contributed by atoms with Crippen molar-refractivity contribution < 1.29 is 31.5 Å². The molecule has 2 aliphatic heterocycles. The highest BCUT2D eigenvalue weighted by Gasteiger charge is 2.45. The van der Waals surface area contributed by atoms with E-state index in [1.54, 1.807) is 43.0 Å². The lowest BCUT2D eigenvalue weighted by Crippen LogP contribution is -2.47. The van der Waals surface area contributed by atoms with Crippen LogP contribution in [0.4, 0.5) is 13.2 Å². The summed E-state index contributed by atoms with van der Waals surface area (Å²) < 4.78 is 64.9. The summed E-state index contributed by atoms with van der Waals surface area (Å²) in [6.07, 6.45) is -3.59. The third-order valence-electron chi connectivity index (χ3n) is 7.62. The lowest BCUT2D eigenvalue weighted by atomic mass is 9.85. The number of sulfone groups is 1. The smallest absolute Gasteiger partial charge is 0.374 e. The van der Waals surface area contributed by atoms with Crippen molar-refractivity contribution in [3.05, 3.63) is 65.2 Å². The van der Waals surface area contributed by atoms with Crippen LogP contribution in [0.25, 0.3) is 0 Å². The van der Waals surface area contributed by atoms with Crippen LogP contribution in [-0.2, 0) is 16.0 Å². The fourth-order valence-electron chi connectivity index (χ4n) is 4.91. The second-order valence-electron chi connectivity index (χ2n) is 10.1. The summed E-state index contributed by atoms with van der Waals surface area (Å²) in [6.45, 7) is 5.51. The first-order valence-corrected chi connectivity index (χ1v) is 13.5. The van der Waals surface area contributed by atoms with Gasteiger partial charge in [0.05, 0.1) is 15.2 Å². The molecule has 196 valence electrons. The number of alkyl halides is 3. The molecule has 2 aromatic carbocycles. The van der Waals surface area contributed by atoms with E-state index in [4.69, 9.17) is 0 Å². The predicted octanol–water partition coefficient (Wildman–Crippen LogP) is 4.51. The molecule has 2 fully saturated rings. The number of halogens is 3. The third-order valence-corrected chi connectivity index (χ3v) is 10.2. The van der Waals surface area contributed by atoms with Gasteiger partial charge in [-0.2, -0.15) is 13.2 Å². The molecule has 1 N–H and O–H groups in total. The minimum absolute atomic E-state index is 0.0210. The van der Waals surface area contributed by atoms with Gasteiger partial charge >= 0.3 is 6.18 Å². The van der Waals surface area contributed by atoms with Gasteiger partial charge in [0.25, 0.3) is 5.91 Å². The largest absolute Gasteiger partial charge is 0.416 e. The Balaban J connectivity index is 1.42. The van der Waals surface area contributed by atoms with Gasteiger partial charge in [-0.15, -0.1) is 0 Å². The van der Waals surface area contributed by atoms with Gasteiger partial charge in [0.2, 0.25) is 0 Å². The number of rotatable bonds is 6. The van der Waals surface area contributed by atoms with Gasteiger partial charge in [0.1, 0.15) is 6.23 Å². The number of carbonyl (C=O) groups excluding carboxylic acids is 1. The van der Waals surface area contributed by atoms with Gasteiger partial charge in [0, 0.05) is 31.7 Å². The summed E-state index contributed by atoms with van der Waals surface area (Å²) in [7, 11) is -4.05. The first-order chi connectivity index (χ1) is 16.8. The molecule has 6 nitrogen and oxygen atoms in total. The first-order valence-electron chi connectivity index (χ1n) is 12.1. The van der Waals surface area contributed by atoms with E-state index >= 15 is 0 Å². The topological polar surface area (TPSA) is 77.9 Å². The van der Waals surface area contributed by atoms with E-state index < -0.39 is 32.6 Å². The molecule has 2 aliphatic rings. The average Bonchev–Trinajstić information content (AvgIpc) is 2.82. The van der Waals surface area contributed by atoms with Gasteiger partial charge in [-0.3, -0.25) is 9.69 Å². The van der Waals surface area contributed by atoms with Crippen LogP contribution < -0.4 is 0 Å². The Morgan fingerprint density at radius 2 is 1.61 bits per heavy atom. The fraction of sp³-hybridized carbons (Fsp3) is 0.500. The number of nitrogens with zero attached hydrogens (tertiary/aromatic N) is 2. The molecule has 2 aromatic rings. The predicted molar refractivity (Wildman–Crippen MR) is 129 cm³/mol. The van der Waals surface area contributed by atoms with Gasteiger partial charge in [0.15, 0.2) is 9.84 Å². The third kappa shape index (κ3) is 5.03. The summed E-state index contributed by atoms with van der Waals surface area (Å²) in [5.41, 5.74) is 0.227. The molecule has 36 heavy (non-hydrogen) atoms. The number of hydrogen-bond donors (Lipinski definition) is 1. The highest BCUT2D eigenvalue weighted by atomic mass is 32.2. The monoisotopic (exact) mass is 524 g/mol. The van der Waals surface area contributed by atoms with Crippen LogP contribution >= 0.6 is 0 Å². The Hall–Kier alpha value is -2.43. The van der Waals surface area contributed by atoms with Crippen molar-refractivity contribution in [3.63, 3.8) is 0 Å². The van der Waals surface area contributed by atoms with Crippen molar-refractivity contribution in [2.45, 2.75) is 55.2 Å². The quantitative estimate of drug-likeness (QED) is 0.602. The van der Waals surface area contributed by atoms with E-state index in [-0.39, 0.29) is 16.7 Å². The van der Waals surface area contributed by atoms with Crippen LogP contribution in [0.3, 0.4) is 0 Å². The maximum absolute atomic E-state index is 13.4.